The van der Waals surface area contributed by atoms with E-state index in [1.165, 1.54) is 0 Å². The molecule has 1 unspecified atom stereocenters. The van der Waals surface area contributed by atoms with Crippen LogP contribution in [-0.4, -0.2) is 36.3 Å². The first-order valence-corrected chi connectivity index (χ1v) is 5.89. The number of methoxy groups -OCH3 is 1. The number of nitrogens with one attached hydrogen (secondary N) is 1. The summed E-state index contributed by atoms with van der Waals surface area (Å²) in [5.41, 5.74) is 2.58. The summed E-state index contributed by atoms with van der Waals surface area (Å²) in [5, 5.41) is 0. The van der Waals surface area contributed by atoms with Crippen LogP contribution in [0.1, 0.15) is 19.2 Å². The average Bonchev–Trinajstić information content (AvgIpc) is 2.86. The third-order valence-corrected chi connectivity index (χ3v) is 3.03. The number of aryl methyl sites for hydroxylation is 1. The molecule has 0 amide bonds. The second-order valence-corrected chi connectivity index (χ2v) is 4.12. The summed E-state index contributed by atoms with van der Waals surface area (Å²) in [7, 11) is 1.75. The van der Waals surface area contributed by atoms with E-state index < -0.39 is 0 Å². The highest BCUT2D eigenvalue weighted by Gasteiger charge is 2.23. The van der Waals surface area contributed by atoms with Gasteiger partial charge >= 0.3 is 0 Å². The van der Waals surface area contributed by atoms with Crippen LogP contribution in [0.4, 0.5) is 11.6 Å². The molecule has 0 aliphatic carbocycles. The molecular formula is C11H19N5O. The Morgan fingerprint density at radius 3 is 3.00 bits per heavy atom. The Labute approximate surface area is 101 Å². The summed E-state index contributed by atoms with van der Waals surface area (Å²) in [6.07, 6.45) is 2.13. The Morgan fingerprint density at radius 1 is 1.59 bits per heavy atom. The molecule has 94 valence electrons. The van der Waals surface area contributed by atoms with E-state index in [0.29, 0.717) is 11.9 Å². The molecule has 0 aromatic carbocycles. The highest BCUT2D eigenvalue weighted by Crippen LogP contribution is 2.21. The molecule has 2 rings (SSSR count). The lowest BCUT2D eigenvalue weighted by atomic mass is 10.3. The number of ether oxygens (including phenoxy) is 1. The molecule has 0 bridgehead atoms. The fourth-order valence-electron chi connectivity index (χ4n) is 2.01. The fourth-order valence-corrected chi connectivity index (χ4v) is 2.01. The summed E-state index contributed by atoms with van der Waals surface area (Å²) in [6, 6.07) is 1.87. The first-order valence-electron chi connectivity index (χ1n) is 5.89. The van der Waals surface area contributed by atoms with Crippen molar-refractivity contribution in [1.82, 2.24) is 9.97 Å². The van der Waals surface area contributed by atoms with Crippen molar-refractivity contribution in [3.8, 4) is 0 Å². The summed E-state index contributed by atoms with van der Waals surface area (Å²) < 4.78 is 5.35. The quantitative estimate of drug-likeness (QED) is 0.588. The van der Waals surface area contributed by atoms with Crippen molar-refractivity contribution in [3.05, 3.63) is 11.9 Å². The third kappa shape index (κ3) is 2.65. The number of hydrazine groups is 1. The van der Waals surface area contributed by atoms with Gasteiger partial charge in [0.05, 0.1) is 6.10 Å². The van der Waals surface area contributed by atoms with Gasteiger partial charge < -0.3 is 15.1 Å². The van der Waals surface area contributed by atoms with Crippen LogP contribution in [0.15, 0.2) is 6.07 Å². The van der Waals surface area contributed by atoms with Gasteiger partial charge in [-0.25, -0.2) is 15.8 Å². The lowest BCUT2D eigenvalue weighted by Crippen LogP contribution is -2.24. The minimum Gasteiger partial charge on any atom is -0.380 e. The standard InChI is InChI=1S/C11H19N5O/c1-3-9-13-10(15-12)6-11(14-9)16-5-4-8(7-16)17-2/h6,8H,3-5,7,12H2,1-2H3,(H,13,14,15). The molecule has 6 heteroatoms. The summed E-state index contributed by atoms with van der Waals surface area (Å²) in [5.74, 6) is 7.79. The van der Waals surface area contributed by atoms with Crippen LogP contribution in [0.3, 0.4) is 0 Å². The van der Waals surface area contributed by atoms with Gasteiger partial charge in [-0.15, -0.1) is 0 Å². The Morgan fingerprint density at radius 2 is 2.41 bits per heavy atom. The van der Waals surface area contributed by atoms with Gasteiger partial charge in [-0.3, -0.25) is 0 Å². The molecule has 6 nitrogen and oxygen atoms in total. The van der Waals surface area contributed by atoms with Crippen molar-refractivity contribution in [2.45, 2.75) is 25.9 Å². The number of rotatable bonds is 4. The first-order chi connectivity index (χ1) is 8.26. The van der Waals surface area contributed by atoms with E-state index in [1.807, 2.05) is 13.0 Å². The predicted molar refractivity (Wildman–Crippen MR) is 66.8 cm³/mol. The Hall–Kier alpha value is -1.40. The zero-order valence-electron chi connectivity index (χ0n) is 10.3. The number of nitrogens with zero attached hydrogens (tertiary/aromatic N) is 3. The molecule has 1 aliphatic rings. The van der Waals surface area contributed by atoms with Crippen molar-refractivity contribution < 1.29 is 4.74 Å². The maximum atomic E-state index is 5.41. The smallest absolute Gasteiger partial charge is 0.145 e. The van der Waals surface area contributed by atoms with Gasteiger partial charge in [0.1, 0.15) is 17.5 Å². The van der Waals surface area contributed by atoms with Gasteiger partial charge in [-0.2, -0.15) is 0 Å². The minimum atomic E-state index is 0.296. The van der Waals surface area contributed by atoms with Crippen LogP contribution in [0.25, 0.3) is 0 Å². The van der Waals surface area contributed by atoms with E-state index in [1.54, 1.807) is 7.11 Å². The van der Waals surface area contributed by atoms with E-state index in [4.69, 9.17) is 10.6 Å². The topological polar surface area (TPSA) is 76.3 Å². The van der Waals surface area contributed by atoms with Gasteiger partial charge in [-0.05, 0) is 6.42 Å². The van der Waals surface area contributed by atoms with E-state index in [9.17, 15) is 0 Å². The van der Waals surface area contributed by atoms with Crippen LogP contribution >= 0.6 is 0 Å². The molecule has 17 heavy (non-hydrogen) atoms. The zero-order chi connectivity index (χ0) is 12.3. The Balaban J connectivity index is 2.20. The largest absolute Gasteiger partial charge is 0.380 e. The molecule has 1 aromatic heterocycles. The van der Waals surface area contributed by atoms with Gasteiger partial charge in [-0.1, -0.05) is 6.92 Å². The number of anilines is 2. The number of aromatic nitrogens is 2. The second kappa shape index (κ2) is 5.29. The van der Waals surface area contributed by atoms with Crippen LogP contribution < -0.4 is 16.2 Å². The summed E-state index contributed by atoms with van der Waals surface area (Å²) >= 11 is 0. The van der Waals surface area contributed by atoms with Crippen LogP contribution in [0.5, 0.6) is 0 Å². The molecule has 1 aromatic rings. The molecule has 0 spiro atoms. The Kier molecular flexibility index (Phi) is 3.75. The third-order valence-electron chi connectivity index (χ3n) is 3.03. The molecule has 0 saturated carbocycles. The highest BCUT2D eigenvalue weighted by atomic mass is 16.5. The number of nitrogen functional groups attached to an aromatic ring is 1. The molecular weight excluding hydrogens is 218 g/mol. The van der Waals surface area contributed by atoms with Crippen molar-refractivity contribution >= 4 is 11.6 Å². The van der Waals surface area contributed by atoms with Crippen LogP contribution in [0, 0.1) is 0 Å². The van der Waals surface area contributed by atoms with Crippen LogP contribution in [-0.2, 0) is 11.2 Å². The van der Waals surface area contributed by atoms with Crippen molar-refractivity contribution in [3.63, 3.8) is 0 Å². The summed E-state index contributed by atoms with van der Waals surface area (Å²) in [6.45, 7) is 3.87. The molecule has 1 fully saturated rings. The molecule has 2 heterocycles. The number of nitrogens with two attached hydrogens (primary N) is 1. The van der Waals surface area contributed by atoms with Gasteiger partial charge in [0.15, 0.2) is 0 Å². The fraction of sp³-hybridized carbons (Fsp3) is 0.636. The molecule has 1 saturated heterocycles. The lowest BCUT2D eigenvalue weighted by molar-refractivity contribution is 0.121. The van der Waals surface area contributed by atoms with Crippen LogP contribution in [0.2, 0.25) is 0 Å². The molecule has 3 N–H and O–H groups in total. The van der Waals surface area contributed by atoms with Gasteiger partial charge in [0.25, 0.3) is 0 Å². The van der Waals surface area contributed by atoms with Gasteiger partial charge in [0, 0.05) is 32.7 Å². The number of hydrogen-bond donors (Lipinski definition) is 2. The van der Waals surface area contributed by atoms with E-state index >= 15 is 0 Å². The van der Waals surface area contributed by atoms with E-state index in [-0.39, 0.29) is 0 Å². The monoisotopic (exact) mass is 237 g/mol. The minimum absolute atomic E-state index is 0.296. The predicted octanol–water partition coefficient (Wildman–Crippen LogP) is 0.550. The number of hydrogen-bond acceptors (Lipinski definition) is 6. The lowest BCUT2D eigenvalue weighted by Gasteiger charge is -2.18. The van der Waals surface area contributed by atoms with Crippen molar-refractivity contribution in [2.24, 2.45) is 5.84 Å². The SMILES string of the molecule is CCc1nc(NN)cc(N2CCC(OC)C2)n1. The van der Waals surface area contributed by atoms with Crippen molar-refractivity contribution in [2.75, 3.05) is 30.5 Å². The second-order valence-electron chi connectivity index (χ2n) is 4.12. The highest BCUT2D eigenvalue weighted by molar-refractivity contribution is 5.49. The summed E-state index contributed by atoms with van der Waals surface area (Å²) in [4.78, 5) is 11.0. The molecule has 1 atom stereocenters. The zero-order valence-corrected chi connectivity index (χ0v) is 10.3. The van der Waals surface area contributed by atoms with Gasteiger partial charge in [0.2, 0.25) is 0 Å². The molecule has 1 aliphatic heterocycles. The Bertz CT molecular complexity index is 362. The first kappa shape index (κ1) is 12.1. The normalized spacial score (nSPS) is 19.7. The van der Waals surface area contributed by atoms with Crippen molar-refractivity contribution in [1.29, 1.82) is 0 Å². The maximum Gasteiger partial charge on any atom is 0.145 e. The molecule has 0 radical (unpaired) electrons. The van der Waals surface area contributed by atoms with E-state index in [0.717, 1.165) is 37.6 Å². The average molecular weight is 237 g/mol. The maximum absolute atomic E-state index is 5.41. The van der Waals surface area contributed by atoms with E-state index in [2.05, 4.69) is 20.3 Å².